The summed E-state index contributed by atoms with van der Waals surface area (Å²) in [5.41, 5.74) is 3.01. The van der Waals surface area contributed by atoms with Crippen molar-refractivity contribution in [3.63, 3.8) is 0 Å². The number of ether oxygens (including phenoxy) is 1. The van der Waals surface area contributed by atoms with Crippen molar-refractivity contribution in [3.05, 3.63) is 71.1 Å². The van der Waals surface area contributed by atoms with Gasteiger partial charge in [-0.2, -0.15) is 0 Å². The van der Waals surface area contributed by atoms with Gasteiger partial charge >= 0.3 is 0 Å². The largest absolute Gasteiger partial charge is 0.482 e. The van der Waals surface area contributed by atoms with E-state index in [-0.39, 0.29) is 25.0 Å². The van der Waals surface area contributed by atoms with Crippen molar-refractivity contribution in [2.75, 3.05) is 23.4 Å². The first-order chi connectivity index (χ1) is 15.1. The molecule has 2 heterocycles. The van der Waals surface area contributed by atoms with Crippen molar-refractivity contribution < 1.29 is 14.3 Å². The zero-order chi connectivity index (χ0) is 21.4. The van der Waals surface area contributed by atoms with Crippen molar-refractivity contribution in [1.82, 2.24) is 4.98 Å². The van der Waals surface area contributed by atoms with Gasteiger partial charge in [-0.3, -0.25) is 14.5 Å². The van der Waals surface area contributed by atoms with Crippen molar-refractivity contribution in [1.29, 1.82) is 0 Å². The van der Waals surface area contributed by atoms with Gasteiger partial charge in [0.25, 0.3) is 5.91 Å². The van der Waals surface area contributed by atoms with Crippen LogP contribution < -0.4 is 15.0 Å². The van der Waals surface area contributed by atoms with Crippen LogP contribution >= 0.6 is 11.3 Å². The van der Waals surface area contributed by atoms with E-state index in [0.29, 0.717) is 11.4 Å². The van der Waals surface area contributed by atoms with Gasteiger partial charge in [0.05, 0.1) is 16.4 Å². The number of fused-ring (bicyclic) bond motifs is 2. The molecule has 0 saturated carbocycles. The third-order valence-electron chi connectivity index (χ3n) is 5.18. The Morgan fingerprint density at radius 2 is 2.00 bits per heavy atom. The van der Waals surface area contributed by atoms with E-state index >= 15 is 0 Å². The average Bonchev–Trinajstić information content (AvgIpc) is 3.22. The van der Waals surface area contributed by atoms with Gasteiger partial charge in [-0.05, 0) is 36.6 Å². The fourth-order valence-electron chi connectivity index (χ4n) is 3.70. The van der Waals surface area contributed by atoms with Crippen LogP contribution in [0.4, 0.5) is 11.4 Å². The highest BCUT2D eigenvalue weighted by Gasteiger charge is 2.28. The molecule has 31 heavy (non-hydrogen) atoms. The van der Waals surface area contributed by atoms with Crippen LogP contribution in [0.3, 0.4) is 0 Å². The molecule has 0 atom stereocenters. The molecule has 1 aliphatic heterocycles. The first kappa shape index (κ1) is 19.3. The molecule has 0 unspecified atom stereocenters. The predicted octanol–water partition coefficient (Wildman–Crippen LogP) is 4.64. The summed E-state index contributed by atoms with van der Waals surface area (Å²) in [5, 5.41) is 7.88. The lowest BCUT2D eigenvalue weighted by atomic mass is 10.1. The van der Waals surface area contributed by atoms with Crippen molar-refractivity contribution in [2.45, 2.75) is 6.92 Å². The molecule has 0 spiro atoms. The number of carbonyl (C=O) groups is 2. The van der Waals surface area contributed by atoms with E-state index in [1.165, 1.54) is 4.90 Å². The molecule has 6 nitrogen and oxygen atoms in total. The summed E-state index contributed by atoms with van der Waals surface area (Å²) >= 11 is 1.56. The molecule has 0 fully saturated rings. The number of anilines is 2. The number of amides is 2. The third kappa shape index (κ3) is 3.75. The van der Waals surface area contributed by atoms with E-state index < -0.39 is 0 Å². The molecule has 1 N–H and O–H groups in total. The normalized spacial score (nSPS) is 13.1. The molecule has 0 saturated heterocycles. The fraction of sp³-hybridized carbons (Fsp3) is 0.125. The second kappa shape index (κ2) is 7.85. The standard InChI is InChI=1S/C24H19N3O3S/c1-15-25-20(14-31-15)17-9-10-22-21(11-17)27(24(29)13-30-22)12-23(28)26-19-8-4-6-16-5-2-3-7-18(16)19/h2-11,14H,12-13H2,1H3,(H,26,28). The van der Waals surface area contributed by atoms with Gasteiger partial charge in [0.1, 0.15) is 12.3 Å². The number of thiazole rings is 1. The Balaban J connectivity index is 1.42. The lowest BCUT2D eigenvalue weighted by Crippen LogP contribution is -2.43. The molecule has 0 bridgehead atoms. The topological polar surface area (TPSA) is 71.5 Å². The number of nitrogens with one attached hydrogen (secondary N) is 1. The van der Waals surface area contributed by atoms with Crippen molar-refractivity contribution in [3.8, 4) is 17.0 Å². The summed E-state index contributed by atoms with van der Waals surface area (Å²) in [4.78, 5) is 31.5. The Hall–Kier alpha value is -3.71. The Morgan fingerprint density at radius 3 is 2.84 bits per heavy atom. The minimum absolute atomic E-state index is 0.0935. The highest BCUT2D eigenvalue weighted by Crippen LogP contribution is 2.36. The van der Waals surface area contributed by atoms with Gasteiger partial charge in [-0.25, -0.2) is 4.98 Å². The van der Waals surface area contributed by atoms with Gasteiger partial charge in [0, 0.05) is 22.0 Å². The Kier molecular flexibility index (Phi) is 4.88. The van der Waals surface area contributed by atoms with Crippen molar-refractivity contribution >= 4 is 45.3 Å². The van der Waals surface area contributed by atoms with Crippen LogP contribution in [0, 0.1) is 6.92 Å². The molecule has 1 aliphatic rings. The number of hydrogen-bond acceptors (Lipinski definition) is 5. The zero-order valence-electron chi connectivity index (χ0n) is 16.8. The smallest absolute Gasteiger partial charge is 0.265 e. The predicted molar refractivity (Wildman–Crippen MR) is 123 cm³/mol. The molecule has 4 aromatic rings. The number of aromatic nitrogens is 1. The number of benzene rings is 3. The van der Waals surface area contributed by atoms with Gasteiger partial charge in [0.2, 0.25) is 5.91 Å². The number of hydrogen-bond donors (Lipinski definition) is 1. The van der Waals surface area contributed by atoms with E-state index in [4.69, 9.17) is 4.74 Å². The van der Waals surface area contributed by atoms with Crippen LogP contribution in [0.5, 0.6) is 5.75 Å². The summed E-state index contributed by atoms with van der Waals surface area (Å²) in [6.07, 6.45) is 0. The van der Waals surface area contributed by atoms with Crippen LogP contribution in [0.15, 0.2) is 66.0 Å². The summed E-state index contributed by atoms with van der Waals surface area (Å²) in [6, 6.07) is 19.2. The van der Waals surface area contributed by atoms with E-state index in [1.54, 1.807) is 11.3 Å². The van der Waals surface area contributed by atoms with Gasteiger partial charge < -0.3 is 10.1 Å². The Morgan fingerprint density at radius 1 is 1.16 bits per heavy atom. The molecular formula is C24H19N3O3S. The van der Waals surface area contributed by atoms with Gasteiger partial charge in [-0.1, -0.05) is 36.4 Å². The average molecular weight is 430 g/mol. The maximum atomic E-state index is 12.9. The van der Waals surface area contributed by atoms with E-state index in [9.17, 15) is 9.59 Å². The molecule has 7 heteroatoms. The summed E-state index contributed by atoms with van der Waals surface area (Å²) < 4.78 is 5.58. The molecule has 1 aromatic heterocycles. The molecule has 2 amide bonds. The molecule has 0 radical (unpaired) electrons. The third-order valence-corrected chi connectivity index (χ3v) is 5.96. The van der Waals surface area contributed by atoms with E-state index in [1.807, 2.05) is 73.0 Å². The minimum atomic E-state index is -0.271. The Bertz CT molecular complexity index is 1310. The summed E-state index contributed by atoms with van der Waals surface area (Å²) in [6.45, 7) is 1.75. The van der Waals surface area contributed by atoms with Crippen molar-refractivity contribution in [2.24, 2.45) is 0 Å². The Labute approximate surface area is 183 Å². The maximum absolute atomic E-state index is 12.9. The first-order valence-corrected chi connectivity index (χ1v) is 10.7. The van der Waals surface area contributed by atoms with E-state index in [2.05, 4.69) is 10.3 Å². The maximum Gasteiger partial charge on any atom is 0.265 e. The zero-order valence-corrected chi connectivity index (χ0v) is 17.6. The number of aryl methyl sites for hydroxylation is 1. The minimum Gasteiger partial charge on any atom is -0.482 e. The molecule has 154 valence electrons. The summed E-state index contributed by atoms with van der Waals surface area (Å²) in [5.74, 6) is 0.0490. The van der Waals surface area contributed by atoms with Crippen LogP contribution in [0.2, 0.25) is 0 Å². The number of nitrogens with zero attached hydrogens (tertiary/aromatic N) is 2. The van der Waals surface area contributed by atoms with Gasteiger partial charge in [-0.15, -0.1) is 11.3 Å². The highest BCUT2D eigenvalue weighted by atomic mass is 32.1. The fourth-order valence-corrected chi connectivity index (χ4v) is 4.32. The lowest BCUT2D eigenvalue weighted by molar-refractivity contribution is -0.123. The van der Waals surface area contributed by atoms with Crippen LogP contribution in [-0.2, 0) is 9.59 Å². The highest BCUT2D eigenvalue weighted by molar-refractivity contribution is 7.09. The first-order valence-electron chi connectivity index (χ1n) is 9.86. The molecular weight excluding hydrogens is 410 g/mol. The SMILES string of the molecule is Cc1nc(-c2ccc3c(c2)N(CC(=O)Nc2cccc4ccccc24)C(=O)CO3)cs1. The van der Waals surface area contributed by atoms with Crippen LogP contribution in [0.25, 0.3) is 22.0 Å². The number of rotatable bonds is 4. The summed E-state index contributed by atoms with van der Waals surface area (Å²) in [7, 11) is 0. The molecule has 3 aromatic carbocycles. The quantitative estimate of drug-likeness (QED) is 0.513. The lowest BCUT2D eigenvalue weighted by Gasteiger charge is -2.29. The monoisotopic (exact) mass is 429 g/mol. The molecule has 5 rings (SSSR count). The second-order valence-corrected chi connectivity index (χ2v) is 8.34. The second-order valence-electron chi connectivity index (χ2n) is 7.28. The van der Waals surface area contributed by atoms with Crippen LogP contribution in [0.1, 0.15) is 5.01 Å². The molecule has 0 aliphatic carbocycles. The van der Waals surface area contributed by atoms with Gasteiger partial charge in [0.15, 0.2) is 6.61 Å². The number of carbonyl (C=O) groups excluding carboxylic acids is 2. The van der Waals surface area contributed by atoms with E-state index in [0.717, 1.165) is 32.7 Å². The van der Waals surface area contributed by atoms with Crippen LogP contribution in [-0.4, -0.2) is 29.9 Å².